The second-order valence-corrected chi connectivity index (χ2v) is 8.37. The van der Waals surface area contributed by atoms with E-state index >= 15 is 0 Å². The van der Waals surface area contributed by atoms with Crippen molar-refractivity contribution in [3.8, 4) is 0 Å². The molecule has 5 rings (SSSR count). The molecule has 2 aliphatic heterocycles. The number of nitrogens with one attached hydrogen (secondary N) is 2. The molecular weight excluding hydrogens is 396 g/mol. The topological polar surface area (TPSA) is 130 Å². The molecule has 4 N–H and O–H groups in total. The van der Waals surface area contributed by atoms with Crippen LogP contribution in [0.15, 0.2) is 24.4 Å². The number of carbonyl (C=O) groups is 3. The molecule has 9 heteroatoms. The van der Waals surface area contributed by atoms with E-state index in [-0.39, 0.29) is 24.3 Å². The number of amides is 3. The molecule has 160 valence electrons. The van der Waals surface area contributed by atoms with Gasteiger partial charge < -0.3 is 16.0 Å². The summed E-state index contributed by atoms with van der Waals surface area (Å²) in [7, 11) is 0. The van der Waals surface area contributed by atoms with Crippen LogP contribution in [0.2, 0.25) is 0 Å². The van der Waals surface area contributed by atoms with Gasteiger partial charge in [-0.05, 0) is 42.4 Å². The van der Waals surface area contributed by atoms with Gasteiger partial charge in [-0.3, -0.25) is 19.7 Å². The largest absolute Gasteiger partial charge is 0.350 e. The lowest BCUT2D eigenvalue weighted by molar-refractivity contribution is -0.136. The van der Waals surface area contributed by atoms with Gasteiger partial charge in [-0.1, -0.05) is 18.2 Å². The van der Waals surface area contributed by atoms with Crippen molar-refractivity contribution in [2.75, 3.05) is 5.32 Å². The Kier molecular flexibility index (Phi) is 4.90. The van der Waals surface area contributed by atoms with E-state index in [1.54, 1.807) is 4.90 Å². The smallest absolute Gasteiger partial charge is 0.255 e. The zero-order valence-electron chi connectivity index (χ0n) is 17.1. The van der Waals surface area contributed by atoms with Crippen molar-refractivity contribution in [1.29, 1.82) is 0 Å². The first-order valence-corrected chi connectivity index (χ1v) is 10.6. The van der Waals surface area contributed by atoms with E-state index in [0.29, 0.717) is 31.0 Å². The molecule has 0 radical (unpaired) electrons. The molecule has 1 aromatic carbocycles. The fourth-order valence-electron chi connectivity index (χ4n) is 4.63. The predicted octanol–water partition coefficient (Wildman–Crippen LogP) is 0.666. The van der Waals surface area contributed by atoms with Gasteiger partial charge in [0.2, 0.25) is 17.8 Å². The molecule has 1 aromatic heterocycles. The van der Waals surface area contributed by atoms with E-state index in [9.17, 15) is 14.4 Å². The Morgan fingerprint density at radius 1 is 1.16 bits per heavy atom. The van der Waals surface area contributed by atoms with Gasteiger partial charge in [-0.15, -0.1) is 0 Å². The number of imide groups is 1. The van der Waals surface area contributed by atoms with E-state index < -0.39 is 11.9 Å². The highest BCUT2D eigenvalue weighted by atomic mass is 16.2. The van der Waals surface area contributed by atoms with Crippen molar-refractivity contribution in [2.45, 2.75) is 57.3 Å². The molecule has 3 aliphatic rings. The first-order valence-electron chi connectivity index (χ1n) is 10.6. The summed E-state index contributed by atoms with van der Waals surface area (Å²) in [5, 5.41) is 5.57. The van der Waals surface area contributed by atoms with Crippen LogP contribution in [0.4, 0.5) is 5.95 Å². The Morgan fingerprint density at radius 3 is 2.87 bits per heavy atom. The number of carbonyl (C=O) groups excluding carboxylic acids is 3. The standard InChI is InChI=1S/C22H24N6O3/c23-15-4-5-16-14(8-15)10-25-22(26-16)24-9-12-2-1-3-13-11-28(21(31)19(12)13)17-6-7-18(29)27-20(17)30/h1-3,10,15,17H,4-9,11,23H2,(H,24,25,26)(H,27,29,30). The maximum atomic E-state index is 13.2. The summed E-state index contributed by atoms with van der Waals surface area (Å²) in [5.41, 5.74) is 10.5. The van der Waals surface area contributed by atoms with Gasteiger partial charge in [0.1, 0.15) is 6.04 Å². The average Bonchev–Trinajstić information content (AvgIpc) is 3.09. The summed E-state index contributed by atoms with van der Waals surface area (Å²) < 4.78 is 0. The maximum absolute atomic E-state index is 13.2. The first kappa shape index (κ1) is 19.6. The van der Waals surface area contributed by atoms with Gasteiger partial charge in [-0.25, -0.2) is 9.97 Å². The lowest BCUT2D eigenvalue weighted by Crippen LogP contribution is -2.52. The molecule has 0 spiro atoms. The third-order valence-electron chi connectivity index (χ3n) is 6.26. The van der Waals surface area contributed by atoms with Crippen LogP contribution >= 0.6 is 0 Å². The van der Waals surface area contributed by atoms with Crippen LogP contribution in [0.1, 0.15) is 52.0 Å². The Bertz CT molecular complexity index is 1080. The number of nitrogens with zero attached hydrogens (tertiary/aromatic N) is 3. The zero-order chi connectivity index (χ0) is 21.5. The van der Waals surface area contributed by atoms with Crippen LogP contribution in [-0.4, -0.2) is 44.7 Å². The van der Waals surface area contributed by atoms with Gasteiger partial charge >= 0.3 is 0 Å². The average molecular weight is 420 g/mol. The summed E-state index contributed by atoms with van der Waals surface area (Å²) in [6.45, 7) is 0.764. The van der Waals surface area contributed by atoms with Crippen molar-refractivity contribution in [2.24, 2.45) is 5.73 Å². The number of hydrogen-bond donors (Lipinski definition) is 3. The van der Waals surface area contributed by atoms with Gasteiger partial charge in [0.15, 0.2) is 0 Å². The van der Waals surface area contributed by atoms with Crippen molar-refractivity contribution >= 4 is 23.7 Å². The quantitative estimate of drug-likeness (QED) is 0.620. The van der Waals surface area contributed by atoms with Gasteiger partial charge in [0, 0.05) is 43.0 Å². The van der Waals surface area contributed by atoms with E-state index in [2.05, 4.69) is 20.6 Å². The van der Waals surface area contributed by atoms with Gasteiger partial charge in [0.25, 0.3) is 5.91 Å². The maximum Gasteiger partial charge on any atom is 0.255 e. The Balaban J connectivity index is 1.32. The third kappa shape index (κ3) is 3.65. The summed E-state index contributed by atoms with van der Waals surface area (Å²) in [5.74, 6) is -0.344. The van der Waals surface area contributed by atoms with Gasteiger partial charge in [0.05, 0.1) is 0 Å². The Hall–Kier alpha value is -3.33. The molecule has 0 saturated carbocycles. The number of benzene rings is 1. The van der Waals surface area contributed by atoms with Crippen molar-refractivity contribution in [1.82, 2.24) is 20.2 Å². The second kappa shape index (κ2) is 7.73. The highest BCUT2D eigenvalue weighted by molar-refractivity contribution is 6.06. The lowest BCUT2D eigenvalue weighted by atomic mass is 9.94. The zero-order valence-corrected chi connectivity index (χ0v) is 17.1. The minimum Gasteiger partial charge on any atom is -0.350 e. The van der Waals surface area contributed by atoms with E-state index in [4.69, 9.17) is 5.73 Å². The summed E-state index contributed by atoms with van der Waals surface area (Å²) >= 11 is 0. The summed E-state index contributed by atoms with van der Waals surface area (Å²) in [6, 6.07) is 5.26. The highest BCUT2D eigenvalue weighted by Gasteiger charge is 2.39. The number of aromatic nitrogens is 2. The van der Waals surface area contributed by atoms with E-state index in [1.807, 2.05) is 24.4 Å². The predicted molar refractivity (Wildman–Crippen MR) is 112 cm³/mol. The SMILES string of the molecule is NC1CCc2nc(NCc3cccc4c3C(=O)N(C3CCC(=O)NC3=O)C4)ncc2C1. The number of aryl methyl sites for hydroxylation is 1. The molecule has 1 saturated heterocycles. The number of fused-ring (bicyclic) bond motifs is 2. The molecule has 3 amide bonds. The van der Waals surface area contributed by atoms with E-state index in [0.717, 1.165) is 41.6 Å². The molecule has 2 atom stereocenters. The lowest BCUT2D eigenvalue weighted by Gasteiger charge is -2.29. The van der Waals surface area contributed by atoms with Crippen LogP contribution in [0, 0.1) is 0 Å². The number of nitrogens with two attached hydrogens (primary N) is 1. The van der Waals surface area contributed by atoms with Crippen LogP contribution in [-0.2, 0) is 35.5 Å². The monoisotopic (exact) mass is 420 g/mol. The molecule has 9 nitrogen and oxygen atoms in total. The molecule has 1 fully saturated rings. The number of piperidine rings is 1. The fourth-order valence-corrected chi connectivity index (χ4v) is 4.63. The number of anilines is 1. The van der Waals surface area contributed by atoms with Crippen LogP contribution in [0.3, 0.4) is 0 Å². The normalized spacial score (nSPS) is 22.7. The molecule has 31 heavy (non-hydrogen) atoms. The summed E-state index contributed by atoms with van der Waals surface area (Å²) in [4.78, 5) is 47.5. The number of rotatable bonds is 4. The van der Waals surface area contributed by atoms with Crippen molar-refractivity contribution in [3.63, 3.8) is 0 Å². The second-order valence-electron chi connectivity index (χ2n) is 8.37. The Labute approximate surface area is 179 Å². The fraction of sp³-hybridized carbons (Fsp3) is 0.409. The molecule has 3 heterocycles. The molecule has 2 aromatic rings. The third-order valence-corrected chi connectivity index (χ3v) is 6.26. The van der Waals surface area contributed by atoms with Crippen molar-refractivity contribution < 1.29 is 14.4 Å². The van der Waals surface area contributed by atoms with Crippen LogP contribution in [0.5, 0.6) is 0 Å². The molecule has 1 aliphatic carbocycles. The minimum absolute atomic E-state index is 0.167. The van der Waals surface area contributed by atoms with Crippen LogP contribution in [0.25, 0.3) is 0 Å². The summed E-state index contributed by atoms with van der Waals surface area (Å²) in [6.07, 6.45) is 4.98. The molecule has 0 bridgehead atoms. The first-order chi connectivity index (χ1) is 15.0. The minimum atomic E-state index is -0.617. The molecule has 2 unspecified atom stereocenters. The van der Waals surface area contributed by atoms with Crippen LogP contribution < -0.4 is 16.4 Å². The van der Waals surface area contributed by atoms with Crippen molar-refractivity contribution in [3.05, 3.63) is 52.3 Å². The number of hydrogen-bond acceptors (Lipinski definition) is 7. The Morgan fingerprint density at radius 2 is 2.03 bits per heavy atom. The van der Waals surface area contributed by atoms with Gasteiger partial charge in [-0.2, -0.15) is 0 Å². The van der Waals surface area contributed by atoms with E-state index in [1.165, 1.54) is 0 Å². The highest BCUT2D eigenvalue weighted by Crippen LogP contribution is 2.30. The molecular formula is C22H24N6O3.